The summed E-state index contributed by atoms with van der Waals surface area (Å²) in [5.74, 6) is 1.67. The van der Waals surface area contributed by atoms with Gasteiger partial charge in [-0.15, -0.1) is 0 Å². The fourth-order valence-electron chi connectivity index (χ4n) is 2.33. The van der Waals surface area contributed by atoms with Crippen molar-refractivity contribution in [3.8, 4) is 0 Å². The van der Waals surface area contributed by atoms with Crippen LogP contribution in [0.3, 0.4) is 0 Å². The van der Waals surface area contributed by atoms with Crippen LogP contribution < -0.4 is 5.32 Å². The van der Waals surface area contributed by atoms with Gasteiger partial charge in [0.1, 0.15) is 0 Å². The molecule has 0 spiro atoms. The molecule has 0 aromatic carbocycles. The smallest absolute Gasteiger partial charge is 0.0762 e. The van der Waals surface area contributed by atoms with Crippen LogP contribution >= 0.6 is 0 Å². The fraction of sp³-hybridized carbons (Fsp3) is 0.909. The second-order valence-electron chi connectivity index (χ2n) is 4.14. The molecule has 0 aromatic rings. The van der Waals surface area contributed by atoms with Crippen molar-refractivity contribution in [1.29, 1.82) is 0 Å². The Balaban J connectivity index is 1.82. The predicted octanol–water partition coefficient (Wildman–Crippen LogP) is 1.90. The molecule has 1 unspecified atom stereocenters. The van der Waals surface area contributed by atoms with Crippen LogP contribution in [0.2, 0.25) is 0 Å². The van der Waals surface area contributed by atoms with E-state index in [0.717, 1.165) is 19.7 Å². The third kappa shape index (κ3) is 2.68. The Morgan fingerprint density at radius 3 is 2.46 bits per heavy atom. The molecule has 2 nitrogen and oxygen atoms in total. The van der Waals surface area contributed by atoms with Crippen molar-refractivity contribution in [3.05, 3.63) is 5.92 Å². The van der Waals surface area contributed by atoms with Gasteiger partial charge in [-0.2, -0.15) is 0 Å². The van der Waals surface area contributed by atoms with E-state index in [4.69, 9.17) is 4.74 Å². The van der Waals surface area contributed by atoms with E-state index < -0.39 is 0 Å². The molecule has 2 aliphatic rings. The molecule has 2 fully saturated rings. The molecule has 1 atom stereocenters. The molecule has 1 saturated carbocycles. The Morgan fingerprint density at radius 2 is 1.85 bits per heavy atom. The third-order valence-electron chi connectivity index (χ3n) is 3.13. The van der Waals surface area contributed by atoms with Crippen molar-refractivity contribution in [1.82, 2.24) is 5.32 Å². The van der Waals surface area contributed by atoms with E-state index in [1.54, 1.807) is 5.92 Å². The quantitative estimate of drug-likeness (QED) is 0.625. The van der Waals surface area contributed by atoms with Gasteiger partial charge in [-0.3, -0.25) is 0 Å². The Bertz CT molecular complexity index is 135. The number of morpholine rings is 1. The summed E-state index contributed by atoms with van der Waals surface area (Å²) in [6, 6.07) is 0. The minimum Gasteiger partial charge on any atom is -0.375 e. The van der Waals surface area contributed by atoms with Gasteiger partial charge in [0.15, 0.2) is 0 Å². The molecule has 13 heavy (non-hydrogen) atoms. The summed E-state index contributed by atoms with van der Waals surface area (Å²) in [6.07, 6.45) is 8.67. The molecular formula is C11H20NO. The third-order valence-corrected chi connectivity index (χ3v) is 3.13. The maximum absolute atomic E-state index is 5.77. The molecule has 1 heterocycles. The summed E-state index contributed by atoms with van der Waals surface area (Å²) in [7, 11) is 0. The van der Waals surface area contributed by atoms with Gasteiger partial charge in [-0.25, -0.2) is 0 Å². The molecular weight excluding hydrogens is 162 g/mol. The molecule has 1 N–H and O–H groups in total. The lowest BCUT2D eigenvalue weighted by atomic mass is 9.93. The average molecular weight is 182 g/mol. The molecule has 0 bridgehead atoms. The first kappa shape index (κ1) is 9.47. The highest BCUT2D eigenvalue weighted by Gasteiger charge is 2.25. The highest BCUT2D eigenvalue weighted by atomic mass is 16.5. The largest absolute Gasteiger partial charge is 0.375 e. The Morgan fingerprint density at radius 1 is 1.08 bits per heavy atom. The summed E-state index contributed by atoms with van der Waals surface area (Å²) in [4.78, 5) is 0. The van der Waals surface area contributed by atoms with Crippen LogP contribution in [0.4, 0.5) is 0 Å². The highest BCUT2D eigenvalue weighted by molar-refractivity contribution is 5.00. The van der Waals surface area contributed by atoms with Gasteiger partial charge in [-0.05, 0) is 12.8 Å². The number of ether oxygens (including phenoxy) is 1. The molecule has 0 amide bonds. The van der Waals surface area contributed by atoms with Crippen LogP contribution in [0.25, 0.3) is 0 Å². The first-order valence-electron chi connectivity index (χ1n) is 5.64. The molecule has 75 valence electrons. The minimum atomic E-state index is 0.437. The van der Waals surface area contributed by atoms with Crippen LogP contribution in [-0.2, 0) is 4.74 Å². The van der Waals surface area contributed by atoms with Gasteiger partial charge in [0.2, 0.25) is 0 Å². The van der Waals surface area contributed by atoms with E-state index in [2.05, 4.69) is 5.32 Å². The molecule has 1 aliphatic carbocycles. The number of nitrogens with one attached hydrogen (secondary N) is 1. The van der Waals surface area contributed by atoms with Gasteiger partial charge in [0.05, 0.1) is 12.7 Å². The maximum Gasteiger partial charge on any atom is 0.0762 e. The Kier molecular flexibility index (Phi) is 3.62. The van der Waals surface area contributed by atoms with Crippen molar-refractivity contribution in [2.45, 2.75) is 44.6 Å². The van der Waals surface area contributed by atoms with Gasteiger partial charge in [0.25, 0.3) is 0 Å². The van der Waals surface area contributed by atoms with Gasteiger partial charge in [0, 0.05) is 19.0 Å². The van der Waals surface area contributed by atoms with Crippen molar-refractivity contribution >= 4 is 0 Å². The topological polar surface area (TPSA) is 21.3 Å². The molecule has 1 saturated heterocycles. The van der Waals surface area contributed by atoms with Gasteiger partial charge in [-0.1, -0.05) is 25.7 Å². The number of hydrogen-bond acceptors (Lipinski definition) is 2. The number of rotatable bonds is 1. The molecule has 1 aliphatic heterocycles. The average Bonchev–Trinajstić information content (AvgIpc) is 2.47. The van der Waals surface area contributed by atoms with E-state index in [-0.39, 0.29) is 0 Å². The highest BCUT2D eigenvalue weighted by Crippen LogP contribution is 2.29. The van der Waals surface area contributed by atoms with Crippen molar-refractivity contribution < 1.29 is 4.74 Å². The molecule has 0 aromatic heterocycles. The van der Waals surface area contributed by atoms with Gasteiger partial charge < -0.3 is 10.1 Å². The Labute approximate surface area is 81.0 Å². The van der Waals surface area contributed by atoms with Gasteiger partial charge >= 0.3 is 0 Å². The maximum atomic E-state index is 5.77. The van der Waals surface area contributed by atoms with Crippen LogP contribution in [0.15, 0.2) is 0 Å². The number of hydrogen-bond donors (Lipinski definition) is 1. The monoisotopic (exact) mass is 182 g/mol. The van der Waals surface area contributed by atoms with E-state index in [1.807, 2.05) is 0 Å². The van der Waals surface area contributed by atoms with Crippen molar-refractivity contribution in [2.75, 3.05) is 19.7 Å². The SMILES string of the molecule is C1CCC[C](C2CNCCO2)CC1. The zero-order valence-corrected chi connectivity index (χ0v) is 8.35. The minimum absolute atomic E-state index is 0.437. The van der Waals surface area contributed by atoms with Crippen LogP contribution in [-0.4, -0.2) is 25.8 Å². The summed E-state index contributed by atoms with van der Waals surface area (Å²) < 4.78 is 5.77. The lowest BCUT2D eigenvalue weighted by Crippen LogP contribution is -2.41. The summed E-state index contributed by atoms with van der Waals surface area (Å²) in [5, 5.41) is 3.41. The molecule has 1 radical (unpaired) electrons. The van der Waals surface area contributed by atoms with E-state index >= 15 is 0 Å². The second kappa shape index (κ2) is 4.97. The summed E-state index contributed by atoms with van der Waals surface area (Å²) in [5.41, 5.74) is 0. The zero-order valence-electron chi connectivity index (χ0n) is 8.35. The van der Waals surface area contributed by atoms with E-state index in [1.165, 1.54) is 38.5 Å². The van der Waals surface area contributed by atoms with Crippen LogP contribution in [0, 0.1) is 5.92 Å². The fourth-order valence-corrected chi connectivity index (χ4v) is 2.33. The normalized spacial score (nSPS) is 32.8. The predicted molar refractivity (Wildman–Crippen MR) is 53.6 cm³/mol. The van der Waals surface area contributed by atoms with Crippen molar-refractivity contribution in [3.63, 3.8) is 0 Å². The zero-order chi connectivity index (χ0) is 8.93. The summed E-state index contributed by atoms with van der Waals surface area (Å²) >= 11 is 0. The molecule has 2 heteroatoms. The standard InChI is InChI=1S/C11H20NO/c1-2-4-6-10(5-3-1)11-9-12-7-8-13-11/h11-12H,1-9H2. The van der Waals surface area contributed by atoms with Crippen LogP contribution in [0.1, 0.15) is 38.5 Å². The Hall–Kier alpha value is -0.0800. The van der Waals surface area contributed by atoms with Crippen LogP contribution in [0.5, 0.6) is 0 Å². The lowest BCUT2D eigenvalue weighted by molar-refractivity contribution is 0.0326. The summed E-state index contributed by atoms with van der Waals surface area (Å²) in [6.45, 7) is 2.98. The first-order valence-corrected chi connectivity index (χ1v) is 5.64. The van der Waals surface area contributed by atoms with E-state index in [0.29, 0.717) is 6.10 Å². The first-order chi connectivity index (χ1) is 6.47. The second-order valence-corrected chi connectivity index (χ2v) is 4.14. The molecule has 2 rings (SSSR count). The lowest BCUT2D eigenvalue weighted by Gasteiger charge is -2.29. The van der Waals surface area contributed by atoms with E-state index in [9.17, 15) is 0 Å². The van der Waals surface area contributed by atoms with Crippen molar-refractivity contribution in [2.24, 2.45) is 0 Å².